The minimum absolute atomic E-state index is 0.103. The topological polar surface area (TPSA) is 47.6 Å². The van der Waals surface area contributed by atoms with Crippen LogP contribution in [0.4, 0.5) is 18.9 Å². The molecule has 1 aliphatic rings. The summed E-state index contributed by atoms with van der Waals surface area (Å²) in [6, 6.07) is 5.07. The maximum absolute atomic E-state index is 13.0. The van der Waals surface area contributed by atoms with E-state index in [4.69, 9.17) is 9.47 Å². The Hall–Kier alpha value is -1.92. The largest absolute Gasteiger partial charge is 0.490 e. The second kappa shape index (κ2) is 9.85. The van der Waals surface area contributed by atoms with Gasteiger partial charge in [-0.25, -0.2) is 0 Å². The summed E-state index contributed by atoms with van der Waals surface area (Å²) in [4.78, 5) is 12.5. The van der Waals surface area contributed by atoms with Crippen molar-refractivity contribution in [3.05, 3.63) is 18.2 Å². The lowest BCUT2D eigenvalue weighted by Crippen LogP contribution is -2.34. The van der Waals surface area contributed by atoms with Crippen molar-refractivity contribution in [2.24, 2.45) is 11.8 Å². The molecule has 27 heavy (non-hydrogen) atoms. The van der Waals surface area contributed by atoms with Gasteiger partial charge in [-0.15, -0.1) is 0 Å². The quantitative estimate of drug-likeness (QED) is 0.634. The van der Waals surface area contributed by atoms with E-state index in [0.29, 0.717) is 43.2 Å². The molecule has 152 valence electrons. The molecule has 1 fully saturated rings. The van der Waals surface area contributed by atoms with Gasteiger partial charge in [-0.05, 0) is 44.2 Å². The number of alkyl halides is 3. The van der Waals surface area contributed by atoms with Crippen LogP contribution in [0, 0.1) is 11.8 Å². The first kappa shape index (κ1) is 21.4. The number of nitrogens with one attached hydrogen (secondary N) is 1. The second-order valence-electron chi connectivity index (χ2n) is 6.95. The molecule has 4 nitrogen and oxygen atoms in total. The fraction of sp³-hybridized carbons (Fsp3) is 0.650. The van der Waals surface area contributed by atoms with E-state index in [0.717, 1.165) is 12.8 Å². The molecule has 2 unspecified atom stereocenters. The summed E-state index contributed by atoms with van der Waals surface area (Å²) in [6.07, 6.45) is -1.71. The summed E-state index contributed by atoms with van der Waals surface area (Å²) in [7, 11) is 0. The average Bonchev–Trinajstić information content (AvgIpc) is 2.65. The molecule has 0 heterocycles. The summed E-state index contributed by atoms with van der Waals surface area (Å²) in [5, 5.41) is 2.74. The van der Waals surface area contributed by atoms with E-state index in [-0.39, 0.29) is 18.7 Å². The first-order valence-corrected chi connectivity index (χ1v) is 9.62. The molecule has 0 aliphatic heterocycles. The molecule has 1 saturated carbocycles. The molecule has 1 aromatic carbocycles. The second-order valence-corrected chi connectivity index (χ2v) is 6.95. The van der Waals surface area contributed by atoms with E-state index in [2.05, 4.69) is 5.32 Å². The number of anilines is 1. The van der Waals surface area contributed by atoms with Gasteiger partial charge in [0.15, 0.2) is 11.5 Å². The Morgan fingerprint density at radius 2 is 1.78 bits per heavy atom. The Labute approximate surface area is 158 Å². The third kappa shape index (κ3) is 6.33. The van der Waals surface area contributed by atoms with E-state index >= 15 is 0 Å². The van der Waals surface area contributed by atoms with E-state index < -0.39 is 18.0 Å². The van der Waals surface area contributed by atoms with Crippen molar-refractivity contribution in [2.45, 2.75) is 58.5 Å². The van der Waals surface area contributed by atoms with Crippen LogP contribution in [-0.4, -0.2) is 25.3 Å². The number of halogens is 3. The van der Waals surface area contributed by atoms with Gasteiger partial charge in [-0.1, -0.05) is 20.3 Å². The average molecular weight is 387 g/mol. The summed E-state index contributed by atoms with van der Waals surface area (Å²) in [5.41, 5.74) is 0.504. The van der Waals surface area contributed by atoms with Gasteiger partial charge in [-0.2, -0.15) is 13.2 Å². The van der Waals surface area contributed by atoms with Crippen molar-refractivity contribution in [2.75, 3.05) is 18.5 Å². The van der Waals surface area contributed by atoms with E-state index in [1.807, 2.05) is 13.8 Å². The highest BCUT2D eigenvalue weighted by atomic mass is 19.4. The molecule has 1 aliphatic carbocycles. The van der Waals surface area contributed by atoms with Crippen molar-refractivity contribution < 1.29 is 27.4 Å². The predicted molar refractivity (Wildman–Crippen MR) is 98.1 cm³/mol. The Morgan fingerprint density at radius 1 is 1.11 bits per heavy atom. The first-order valence-electron chi connectivity index (χ1n) is 9.62. The third-order valence-electron chi connectivity index (χ3n) is 4.64. The van der Waals surface area contributed by atoms with Crippen LogP contribution in [0.5, 0.6) is 11.5 Å². The molecule has 0 bridgehead atoms. The Kier molecular flexibility index (Phi) is 7.80. The lowest BCUT2D eigenvalue weighted by molar-refractivity contribution is -0.185. The van der Waals surface area contributed by atoms with Crippen LogP contribution in [0.15, 0.2) is 18.2 Å². The molecule has 1 N–H and O–H groups in total. The third-order valence-corrected chi connectivity index (χ3v) is 4.64. The summed E-state index contributed by atoms with van der Waals surface area (Å²) in [5.74, 6) is -1.26. The zero-order chi connectivity index (χ0) is 19.9. The molecular formula is C20H28F3NO3. The van der Waals surface area contributed by atoms with E-state index in [9.17, 15) is 18.0 Å². The van der Waals surface area contributed by atoms with Crippen LogP contribution in [0.25, 0.3) is 0 Å². The molecule has 2 atom stereocenters. The van der Waals surface area contributed by atoms with Crippen LogP contribution in [0.3, 0.4) is 0 Å². The first-order chi connectivity index (χ1) is 12.8. The number of rotatable bonds is 8. The van der Waals surface area contributed by atoms with Crippen LogP contribution in [0.2, 0.25) is 0 Å². The molecule has 0 saturated heterocycles. The number of amides is 1. The van der Waals surface area contributed by atoms with Crippen LogP contribution >= 0.6 is 0 Å². The van der Waals surface area contributed by atoms with Crippen LogP contribution < -0.4 is 14.8 Å². The summed E-state index contributed by atoms with van der Waals surface area (Å²) >= 11 is 0. The standard InChI is InChI=1S/C20H28F3NO3/c1-3-10-26-17-9-8-16(13-18(17)27-11-4-2)24-19(25)14-6-5-7-15(12-14)20(21,22)23/h8-9,13-15H,3-7,10-12H2,1-2H3,(H,24,25). The lowest BCUT2D eigenvalue weighted by atomic mass is 9.80. The smallest absolute Gasteiger partial charge is 0.391 e. The molecule has 1 aromatic rings. The van der Waals surface area contributed by atoms with Crippen molar-refractivity contribution >= 4 is 11.6 Å². The van der Waals surface area contributed by atoms with E-state index in [1.54, 1.807) is 18.2 Å². The van der Waals surface area contributed by atoms with E-state index in [1.165, 1.54) is 0 Å². The van der Waals surface area contributed by atoms with Crippen molar-refractivity contribution in [1.29, 1.82) is 0 Å². The molecule has 7 heteroatoms. The number of hydrogen-bond donors (Lipinski definition) is 1. The SMILES string of the molecule is CCCOc1ccc(NC(=O)C2CCCC(C(F)(F)F)C2)cc1OCCC. The van der Waals surface area contributed by atoms with Gasteiger partial charge in [0.1, 0.15) is 0 Å². The van der Waals surface area contributed by atoms with Gasteiger partial charge in [0.25, 0.3) is 0 Å². The van der Waals surface area contributed by atoms with Gasteiger partial charge >= 0.3 is 6.18 Å². The predicted octanol–water partition coefficient (Wildman–Crippen LogP) is 5.57. The van der Waals surface area contributed by atoms with Crippen molar-refractivity contribution in [3.8, 4) is 11.5 Å². The number of carbonyl (C=O) groups is 1. The molecule has 0 spiro atoms. The molecular weight excluding hydrogens is 359 g/mol. The number of hydrogen-bond acceptors (Lipinski definition) is 3. The maximum Gasteiger partial charge on any atom is 0.391 e. The van der Waals surface area contributed by atoms with Gasteiger partial charge < -0.3 is 14.8 Å². The molecule has 0 radical (unpaired) electrons. The van der Waals surface area contributed by atoms with Crippen molar-refractivity contribution in [3.63, 3.8) is 0 Å². The Morgan fingerprint density at radius 3 is 2.41 bits per heavy atom. The Bertz CT molecular complexity index is 619. The monoisotopic (exact) mass is 387 g/mol. The minimum atomic E-state index is -4.24. The van der Waals surface area contributed by atoms with Crippen LogP contribution in [-0.2, 0) is 4.79 Å². The molecule has 1 amide bonds. The van der Waals surface area contributed by atoms with Gasteiger partial charge in [0.2, 0.25) is 5.91 Å². The van der Waals surface area contributed by atoms with Gasteiger partial charge in [0, 0.05) is 17.7 Å². The minimum Gasteiger partial charge on any atom is -0.490 e. The highest BCUT2D eigenvalue weighted by Crippen LogP contribution is 2.40. The summed E-state index contributed by atoms with van der Waals surface area (Å²) < 4.78 is 50.2. The number of ether oxygens (including phenoxy) is 2. The number of benzene rings is 1. The highest BCUT2D eigenvalue weighted by Gasteiger charge is 2.43. The normalized spacial score (nSPS) is 20.2. The molecule has 2 rings (SSSR count). The molecule has 0 aromatic heterocycles. The summed E-state index contributed by atoms with van der Waals surface area (Å²) in [6.45, 7) is 5.04. The number of carbonyl (C=O) groups excluding carboxylic acids is 1. The fourth-order valence-corrected chi connectivity index (χ4v) is 3.21. The van der Waals surface area contributed by atoms with Crippen molar-refractivity contribution in [1.82, 2.24) is 0 Å². The maximum atomic E-state index is 13.0. The highest BCUT2D eigenvalue weighted by molar-refractivity contribution is 5.93. The van der Waals surface area contributed by atoms with Gasteiger partial charge in [0.05, 0.1) is 19.1 Å². The fourth-order valence-electron chi connectivity index (χ4n) is 3.21. The zero-order valence-electron chi connectivity index (χ0n) is 15.9. The Balaban J connectivity index is 2.05. The van der Waals surface area contributed by atoms with Gasteiger partial charge in [-0.3, -0.25) is 4.79 Å². The van der Waals surface area contributed by atoms with Crippen LogP contribution in [0.1, 0.15) is 52.4 Å². The zero-order valence-corrected chi connectivity index (χ0v) is 15.9. The lowest BCUT2D eigenvalue weighted by Gasteiger charge is -2.29.